The molecule has 0 spiro atoms. The Kier molecular flexibility index (Phi) is 6.74. The first kappa shape index (κ1) is 22.5. The summed E-state index contributed by atoms with van der Waals surface area (Å²) in [4.78, 5) is 25.1. The van der Waals surface area contributed by atoms with Crippen molar-refractivity contribution >= 4 is 34.9 Å². The van der Waals surface area contributed by atoms with Crippen LogP contribution in [0.15, 0.2) is 66.0 Å². The summed E-state index contributed by atoms with van der Waals surface area (Å²) in [6.07, 6.45) is 1.70. The average Bonchev–Trinajstić information content (AvgIpc) is 3.18. The number of thioether (sulfide) groups is 1. The second-order valence-electron chi connectivity index (χ2n) is 8.01. The van der Waals surface area contributed by atoms with E-state index in [-0.39, 0.29) is 17.6 Å². The second kappa shape index (κ2) is 9.87. The highest BCUT2D eigenvalue weighted by atomic mass is 32.2. The predicted molar refractivity (Wildman–Crippen MR) is 131 cm³/mol. The van der Waals surface area contributed by atoms with E-state index in [0.29, 0.717) is 22.9 Å². The van der Waals surface area contributed by atoms with E-state index in [1.807, 2.05) is 57.2 Å². The Labute approximate surface area is 196 Å². The molecule has 8 heteroatoms. The molecular weight excluding hydrogens is 434 g/mol. The minimum atomic E-state index is -0.185. The van der Waals surface area contributed by atoms with Crippen molar-refractivity contribution in [2.24, 2.45) is 0 Å². The summed E-state index contributed by atoms with van der Waals surface area (Å²) in [5.41, 5.74) is 6.28. The van der Waals surface area contributed by atoms with Crippen LogP contribution >= 0.6 is 11.8 Å². The number of fused-ring (bicyclic) bond motifs is 1. The molecule has 2 heterocycles. The quantitative estimate of drug-likeness (QED) is 0.402. The standard InChI is InChI=1S/C25H25N5O2S/c1-16-4-6-19(7-5-16)13-26-24(32)20-8-9-22-28-29-25(30(22)14-20)33-15-23(31)27-21-11-17(2)10-18(3)12-21/h4-12,14H,13,15H2,1-3H3,(H,26,32)(H,27,31). The van der Waals surface area contributed by atoms with Crippen LogP contribution in [0.4, 0.5) is 5.69 Å². The van der Waals surface area contributed by atoms with Crippen LogP contribution in [0.25, 0.3) is 5.65 Å². The zero-order valence-corrected chi connectivity index (χ0v) is 19.6. The molecule has 0 saturated carbocycles. The van der Waals surface area contributed by atoms with E-state index in [9.17, 15) is 9.59 Å². The summed E-state index contributed by atoms with van der Waals surface area (Å²) in [6.45, 7) is 6.46. The van der Waals surface area contributed by atoms with Gasteiger partial charge in [0.2, 0.25) is 5.91 Å². The number of benzene rings is 2. The van der Waals surface area contributed by atoms with Gasteiger partial charge >= 0.3 is 0 Å². The molecule has 0 fully saturated rings. The first-order chi connectivity index (χ1) is 15.9. The monoisotopic (exact) mass is 459 g/mol. The Morgan fingerprint density at radius 3 is 2.36 bits per heavy atom. The Morgan fingerprint density at radius 2 is 1.64 bits per heavy atom. The first-order valence-corrected chi connectivity index (χ1v) is 11.6. The van der Waals surface area contributed by atoms with Gasteiger partial charge in [0.05, 0.1) is 11.3 Å². The number of hydrogen-bond acceptors (Lipinski definition) is 5. The average molecular weight is 460 g/mol. The maximum Gasteiger partial charge on any atom is 0.253 e. The number of aryl methyl sites for hydroxylation is 3. The fourth-order valence-electron chi connectivity index (χ4n) is 3.47. The highest BCUT2D eigenvalue weighted by Crippen LogP contribution is 2.19. The number of anilines is 1. The van der Waals surface area contributed by atoms with Crippen molar-refractivity contribution in [1.82, 2.24) is 19.9 Å². The lowest BCUT2D eigenvalue weighted by atomic mass is 10.1. The molecule has 2 aromatic heterocycles. The summed E-state index contributed by atoms with van der Waals surface area (Å²) in [5, 5.41) is 14.7. The van der Waals surface area contributed by atoms with E-state index >= 15 is 0 Å². The van der Waals surface area contributed by atoms with Gasteiger partial charge in [-0.2, -0.15) is 0 Å². The summed E-state index contributed by atoms with van der Waals surface area (Å²) in [6, 6.07) is 17.4. The van der Waals surface area contributed by atoms with E-state index in [4.69, 9.17) is 0 Å². The number of amides is 2. The zero-order valence-electron chi connectivity index (χ0n) is 18.8. The highest BCUT2D eigenvalue weighted by Gasteiger charge is 2.13. The van der Waals surface area contributed by atoms with Gasteiger partial charge in [0.25, 0.3) is 5.91 Å². The Balaban J connectivity index is 1.40. The summed E-state index contributed by atoms with van der Waals surface area (Å²) in [7, 11) is 0. The second-order valence-corrected chi connectivity index (χ2v) is 8.95. The lowest BCUT2D eigenvalue weighted by Crippen LogP contribution is -2.23. The molecule has 7 nitrogen and oxygen atoms in total. The predicted octanol–water partition coefficient (Wildman–Crippen LogP) is 4.32. The van der Waals surface area contributed by atoms with E-state index in [1.165, 1.54) is 17.3 Å². The molecule has 0 saturated heterocycles. The number of aromatic nitrogens is 3. The summed E-state index contributed by atoms with van der Waals surface area (Å²) in [5.74, 6) is -0.138. The highest BCUT2D eigenvalue weighted by molar-refractivity contribution is 7.99. The van der Waals surface area contributed by atoms with Gasteiger partial charge < -0.3 is 10.6 Å². The topological polar surface area (TPSA) is 88.4 Å². The van der Waals surface area contributed by atoms with E-state index in [1.54, 1.807) is 22.7 Å². The smallest absolute Gasteiger partial charge is 0.253 e. The molecule has 2 aromatic carbocycles. The Bertz CT molecular complexity index is 1290. The fraction of sp³-hybridized carbons (Fsp3) is 0.200. The molecule has 0 aliphatic rings. The van der Waals surface area contributed by atoms with Gasteiger partial charge in [0, 0.05) is 18.4 Å². The number of carbonyl (C=O) groups excluding carboxylic acids is 2. The van der Waals surface area contributed by atoms with Crippen LogP contribution in [0.5, 0.6) is 0 Å². The largest absolute Gasteiger partial charge is 0.348 e. The van der Waals surface area contributed by atoms with Crippen molar-refractivity contribution < 1.29 is 9.59 Å². The number of hydrogen-bond donors (Lipinski definition) is 2. The van der Waals surface area contributed by atoms with E-state index in [2.05, 4.69) is 26.9 Å². The van der Waals surface area contributed by atoms with Crippen molar-refractivity contribution in [3.05, 3.63) is 88.6 Å². The molecule has 0 bridgehead atoms. The molecule has 0 aliphatic heterocycles. The van der Waals surface area contributed by atoms with Gasteiger partial charge in [-0.05, 0) is 61.7 Å². The molecule has 0 unspecified atom stereocenters. The van der Waals surface area contributed by atoms with Crippen LogP contribution in [-0.4, -0.2) is 32.2 Å². The minimum Gasteiger partial charge on any atom is -0.348 e. The van der Waals surface area contributed by atoms with Crippen LogP contribution in [0, 0.1) is 20.8 Å². The molecule has 0 aliphatic carbocycles. The van der Waals surface area contributed by atoms with Crippen LogP contribution in [-0.2, 0) is 11.3 Å². The first-order valence-electron chi connectivity index (χ1n) is 10.6. The number of carbonyl (C=O) groups is 2. The molecule has 4 aromatic rings. The third-order valence-corrected chi connectivity index (χ3v) is 5.99. The van der Waals surface area contributed by atoms with E-state index < -0.39 is 0 Å². The molecule has 168 valence electrons. The third kappa shape index (κ3) is 5.78. The summed E-state index contributed by atoms with van der Waals surface area (Å²) >= 11 is 1.27. The van der Waals surface area contributed by atoms with Gasteiger partial charge in [-0.3, -0.25) is 14.0 Å². The Morgan fingerprint density at radius 1 is 0.909 bits per heavy atom. The molecule has 2 N–H and O–H groups in total. The maximum atomic E-state index is 12.6. The molecular formula is C25H25N5O2S. The van der Waals surface area contributed by atoms with Crippen molar-refractivity contribution in [3.63, 3.8) is 0 Å². The maximum absolute atomic E-state index is 12.6. The van der Waals surface area contributed by atoms with Gasteiger partial charge in [0.1, 0.15) is 0 Å². The van der Waals surface area contributed by atoms with Gasteiger partial charge in [-0.15, -0.1) is 10.2 Å². The Hall–Kier alpha value is -3.65. The molecule has 33 heavy (non-hydrogen) atoms. The van der Waals surface area contributed by atoms with E-state index in [0.717, 1.165) is 22.4 Å². The van der Waals surface area contributed by atoms with Crippen molar-refractivity contribution in [1.29, 1.82) is 0 Å². The SMILES string of the molecule is Cc1ccc(CNC(=O)c2ccc3nnc(SCC(=O)Nc4cc(C)cc(C)c4)n3c2)cc1. The lowest BCUT2D eigenvalue weighted by molar-refractivity contribution is -0.113. The van der Waals surface area contributed by atoms with Crippen LogP contribution in [0.3, 0.4) is 0 Å². The van der Waals surface area contributed by atoms with Crippen molar-refractivity contribution in [2.75, 3.05) is 11.1 Å². The van der Waals surface area contributed by atoms with Gasteiger partial charge in [-0.1, -0.05) is 47.7 Å². The van der Waals surface area contributed by atoms with Crippen LogP contribution in [0.2, 0.25) is 0 Å². The van der Waals surface area contributed by atoms with Crippen LogP contribution < -0.4 is 10.6 Å². The van der Waals surface area contributed by atoms with Crippen LogP contribution in [0.1, 0.15) is 32.6 Å². The lowest BCUT2D eigenvalue weighted by Gasteiger charge is -2.08. The third-order valence-electron chi connectivity index (χ3n) is 5.04. The molecule has 0 radical (unpaired) electrons. The van der Waals surface area contributed by atoms with Crippen molar-refractivity contribution in [3.8, 4) is 0 Å². The summed E-state index contributed by atoms with van der Waals surface area (Å²) < 4.78 is 1.73. The number of pyridine rings is 1. The van der Waals surface area contributed by atoms with Gasteiger partial charge in [-0.25, -0.2) is 0 Å². The van der Waals surface area contributed by atoms with Crippen molar-refractivity contribution in [2.45, 2.75) is 32.5 Å². The number of nitrogens with zero attached hydrogens (tertiary/aromatic N) is 3. The minimum absolute atomic E-state index is 0.131. The number of rotatable bonds is 7. The fourth-order valence-corrected chi connectivity index (χ4v) is 4.18. The zero-order chi connectivity index (χ0) is 23.4. The number of nitrogens with one attached hydrogen (secondary N) is 2. The molecule has 0 atom stereocenters. The molecule has 2 amide bonds. The van der Waals surface area contributed by atoms with Gasteiger partial charge in [0.15, 0.2) is 10.8 Å². The molecule has 4 rings (SSSR count). The normalized spacial score (nSPS) is 10.9.